The van der Waals surface area contributed by atoms with Crippen LogP contribution in [0, 0.1) is 0 Å². The molecule has 5 amide bonds. The summed E-state index contributed by atoms with van der Waals surface area (Å²) < 4.78 is 0. The second-order valence-electron chi connectivity index (χ2n) is 12.2. The van der Waals surface area contributed by atoms with Crippen molar-refractivity contribution >= 4 is 29.5 Å². The first-order chi connectivity index (χ1) is 23.3. The van der Waals surface area contributed by atoms with Gasteiger partial charge in [-0.25, -0.2) is 0 Å². The lowest BCUT2D eigenvalue weighted by molar-refractivity contribution is -0.142. The molecule has 1 heterocycles. The molecule has 3 aromatic carbocycles. The predicted molar refractivity (Wildman–Crippen MR) is 179 cm³/mol. The average Bonchev–Trinajstić information content (AvgIpc) is 3.47. The van der Waals surface area contributed by atoms with Gasteiger partial charge in [0.1, 0.15) is 35.7 Å². The average molecular weight is 675 g/mol. The molecule has 3 aromatic rings. The smallest absolute Gasteiger partial charge is 0.246 e. The van der Waals surface area contributed by atoms with Crippen LogP contribution in [-0.2, 0) is 43.2 Å². The molecule has 0 saturated carbocycles. The number of β-amino-alcohol motifs (C(OH)–C–C–N with tert-alkyl or cyclic N) is 1. The molecule has 1 aliphatic heterocycles. The molecule has 14 nitrogen and oxygen atoms in total. The molecule has 1 saturated heterocycles. The second-order valence-corrected chi connectivity index (χ2v) is 12.2. The van der Waals surface area contributed by atoms with Crippen molar-refractivity contribution in [2.75, 3.05) is 6.54 Å². The number of carbonyl (C=O) groups excluding carboxylic acids is 5. The molecule has 10 N–H and O–H groups in total. The monoisotopic (exact) mass is 674 g/mol. The Morgan fingerprint density at radius 2 is 1.29 bits per heavy atom. The third kappa shape index (κ3) is 10.3. The van der Waals surface area contributed by atoms with Crippen LogP contribution in [0.1, 0.15) is 30.0 Å². The minimum absolute atomic E-state index is 0.0273. The maximum atomic E-state index is 14.0. The number of likely N-dealkylation sites (tertiary alicyclic amines) is 1. The van der Waals surface area contributed by atoms with Crippen LogP contribution < -0.4 is 27.4 Å². The van der Waals surface area contributed by atoms with E-state index in [1.807, 2.05) is 0 Å². The molecule has 0 aliphatic carbocycles. The molecule has 0 aromatic heterocycles. The Hall–Kier alpha value is -5.47. The van der Waals surface area contributed by atoms with Gasteiger partial charge in [0, 0.05) is 25.8 Å². The van der Waals surface area contributed by atoms with Crippen LogP contribution in [0.3, 0.4) is 0 Å². The van der Waals surface area contributed by atoms with Crippen LogP contribution in [-0.4, -0.2) is 92.6 Å². The summed E-state index contributed by atoms with van der Waals surface area (Å²) >= 11 is 0. The van der Waals surface area contributed by atoms with Gasteiger partial charge in [-0.3, -0.25) is 24.0 Å². The van der Waals surface area contributed by atoms with Crippen molar-refractivity contribution in [1.82, 2.24) is 20.9 Å². The molecule has 0 radical (unpaired) electrons. The van der Waals surface area contributed by atoms with E-state index < -0.39 is 65.8 Å². The zero-order chi connectivity index (χ0) is 35.7. The van der Waals surface area contributed by atoms with Crippen molar-refractivity contribution in [3.63, 3.8) is 0 Å². The van der Waals surface area contributed by atoms with Crippen molar-refractivity contribution in [2.24, 2.45) is 11.5 Å². The van der Waals surface area contributed by atoms with Crippen LogP contribution in [0.15, 0.2) is 78.9 Å². The molecule has 0 spiro atoms. The number of nitrogens with two attached hydrogens (primary N) is 2. The number of phenols is 2. The molecular formula is C35H42N6O8. The first-order valence-electron chi connectivity index (χ1n) is 15.8. The first-order valence-corrected chi connectivity index (χ1v) is 15.8. The van der Waals surface area contributed by atoms with Gasteiger partial charge in [0.15, 0.2) is 0 Å². The quantitative estimate of drug-likeness (QED) is 0.109. The van der Waals surface area contributed by atoms with Crippen LogP contribution in [0.2, 0.25) is 0 Å². The highest BCUT2D eigenvalue weighted by molar-refractivity contribution is 5.96. The maximum absolute atomic E-state index is 14.0. The Kier molecular flexibility index (Phi) is 12.3. The fourth-order valence-corrected chi connectivity index (χ4v) is 5.58. The van der Waals surface area contributed by atoms with Gasteiger partial charge in [-0.15, -0.1) is 0 Å². The van der Waals surface area contributed by atoms with Crippen molar-refractivity contribution < 1.29 is 39.3 Å². The number of hydrogen-bond donors (Lipinski definition) is 8. The van der Waals surface area contributed by atoms with Crippen LogP contribution in [0.4, 0.5) is 0 Å². The number of amides is 5. The van der Waals surface area contributed by atoms with Gasteiger partial charge in [-0.1, -0.05) is 54.6 Å². The lowest BCUT2D eigenvalue weighted by Crippen LogP contribution is -2.58. The number of aliphatic hydroxyl groups excluding tert-OH is 1. The van der Waals surface area contributed by atoms with Crippen LogP contribution in [0.25, 0.3) is 0 Å². The first kappa shape index (κ1) is 36.4. The minimum Gasteiger partial charge on any atom is -0.508 e. The Morgan fingerprint density at radius 1 is 0.755 bits per heavy atom. The molecule has 6 atom stereocenters. The van der Waals surface area contributed by atoms with E-state index in [9.17, 15) is 39.3 Å². The molecule has 0 bridgehead atoms. The number of phenolic OH excluding ortho intramolecular Hbond substituents is 2. The van der Waals surface area contributed by atoms with Gasteiger partial charge in [0.05, 0.1) is 12.1 Å². The number of primary amides is 1. The van der Waals surface area contributed by atoms with Crippen molar-refractivity contribution in [1.29, 1.82) is 0 Å². The maximum Gasteiger partial charge on any atom is 0.246 e. The van der Waals surface area contributed by atoms with Gasteiger partial charge in [-0.2, -0.15) is 0 Å². The molecule has 0 unspecified atom stereocenters. The number of benzene rings is 3. The summed E-state index contributed by atoms with van der Waals surface area (Å²) in [6, 6.07) is 15.5. The second kappa shape index (κ2) is 16.6. The van der Waals surface area contributed by atoms with Crippen molar-refractivity contribution in [3.8, 4) is 11.5 Å². The zero-order valence-electron chi connectivity index (χ0n) is 27.0. The largest absolute Gasteiger partial charge is 0.508 e. The number of aliphatic hydroxyl groups is 1. The summed E-state index contributed by atoms with van der Waals surface area (Å²) in [7, 11) is 0. The standard InChI is InChI=1S/C35H42N6O8/c1-20(38-33(47)27(36)15-22-7-11-24(42)12-8-22)32(46)40-29(17-21-5-3-2-4-6-21)35(49)41-19-26(44)18-30(41)34(48)39-28(31(37)45)16-23-9-13-25(43)14-10-23/h2-14,20,26-30,42-44H,15-19,36H2,1H3,(H2,37,45)(H,38,47)(H,39,48)(H,40,46)/t20-,26+,27+,28+,29+,30-/m0/s1. The number of rotatable bonds is 14. The van der Waals surface area contributed by atoms with Crippen molar-refractivity contribution in [3.05, 3.63) is 95.6 Å². The highest BCUT2D eigenvalue weighted by Gasteiger charge is 2.42. The summed E-state index contributed by atoms with van der Waals surface area (Å²) in [6.07, 6.45) is -0.941. The Morgan fingerprint density at radius 3 is 1.86 bits per heavy atom. The van der Waals surface area contributed by atoms with Gasteiger partial charge >= 0.3 is 0 Å². The van der Waals surface area contributed by atoms with E-state index in [4.69, 9.17) is 11.5 Å². The van der Waals surface area contributed by atoms with E-state index >= 15 is 0 Å². The lowest BCUT2D eigenvalue weighted by atomic mass is 10.0. The highest BCUT2D eigenvalue weighted by atomic mass is 16.3. The fourth-order valence-electron chi connectivity index (χ4n) is 5.58. The highest BCUT2D eigenvalue weighted by Crippen LogP contribution is 2.21. The van der Waals surface area contributed by atoms with E-state index in [0.717, 1.165) is 0 Å². The van der Waals surface area contributed by atoms with Crippen molar-refractivity contribution in [2.45, 2.75) is 68.9 Å². The summed E-state index contributed by atoms with van der Waals surface area (Å²) in [5.74, 6) is -3.35. The van der Waals surface area contributed by atoms with Gasteiger partial charge in [0.2, 0.25) is 29.5 Å². The number of nitrogens with zero attached hydrogens (tertiary/aromatic N) is 1. The van der Waals surface area contributed by atoms with Gasteiger partial charge < -0.3 is 47.6 Å². The van der Waals surface area contributed by atoms with E-state index in [0.29, 0.717) is 16.7 Å². The van der Waals surface area contributed by atoms with E-state index in [1.54, 1.807) is 54.6 Å². The molecule has 4 rings (SSSR count). The molecule has 49 heavy (non-hydrogen) atoms. The summed E-state index contributed by atoms with van der Waals surface area (Å²) in [4.78, 5) is 67.1. The van der Waals surface area contributed by atoms with E-state index in [1.165, 1.54) is 36.1 Å². The zero-order valence-corrected chi connectivity index (χ0v) is 27.0. The predicted octanol–water partition coefficient (Wildman–Crippen LogP) is -0.626. The number of nitrogens with one attached hydrogen (secondary N) is 3. The van der Waals surface area contributed by atoms with E-state index in [2.05, 4.69) is 16.0 Å². The third-order valence-corrected chi connectivity index (χ3v) is 8.28. The fraction of sp³-hybridized carbons (Fsp3) is 0.343. The van der Waals surface area contributed by atoms with Crippen LogP contribution in [0.5, 0.6) is 11.5 Å². The summed E-state index contributed by atoms with van der Waals surface area (Å²) in [5.41, 5.74) is 13.7. The molecular weight excluding hydrogens is 632 g/mol. The summed E-state index contributed by atoms with van der Waals surface area (Å²) in [6.45, 7) is 1.24. The number of aromatic hydroxyl groups is 2. The SMILES string of the molecule is C[C@H](NC(=O)[C@H](N)Cc1ccc(O)cc1)C(=O)N[C@H](Cc1ccccc1)C(=O)N1C[C@H](O)C[C@H]1C(=O)N[C@H](Cc1ccc(O)cc1)C(N)=O. The topological polar surface area (TPSA) is 237 Å². The Labute approximate surface area is 283 Å². The third-order valence-electron chi connectivity index (χ3n) is 8.28. The number of hydrogen-bond acceptors (Lipinski definition) is 9. The van der Waals surface area contributed by atoms with Crippen LogP contribution >= 0.6 is 0 Å². The Balaban J connectivity index is 1.46. The Bertz CT molecular complexity index is 1620. The normalized spacial score (nSPS) is 18.1. The van der Waals surface area contributed by atoms with Gasteiger partial charge in [-0.05, 0) is 54.3 Å². The molecule has 260 valence electrons. The number of carbonyl (C=O) groups is 5. The minimum atomic E-state index is -1.19. The molecule has 1 fully saturated rings. The van der Waals surface area contributed by atoms with E-state index in [-0.39, 0.29) is 43.7 Å². The lowest BCUT2D eigenvalue weighted by Gasteiger charge is -2.30. The van der Waals surface area contributed by atoms with Gasteiger partial charge in [0.25, 0.3) is 0 Å². The molecule has 1 aliphatic rings. The molecule has 14 heteroatoms. The summed E-state index contributed by atoms with van der Waals surface area (Å²) in [5, 5.41) is 37.4.